The minimum Gasteiger partial charge on any atom is -0.489 e. The third-order valence-electron chi connectivity index (χ3n) is 7.71. The summed E-state index contributed by atoms with van der Waals surface area (Å²) >= 11 is 0. The van der Waals surface area contributed by atoms with Crippen LogP contribution in [-0.2, 0) is 9.59 Å². The Morgan fingerprint density at radius 2 is 1.89 bits per heavy atom. The molecule has 36 heavy (non-hydrogen) atoms. The molecular weight excluding hydrogens is 452 g/mol. The van der Waals surface area contributed by atoms with E-state index in [4.69, 9.17) is 9.84 Å². The Morgan fingerprint density at radius 1 is 1.11 bits per heavy atom. The van der Waals surface area contributed by atoms with E-state index in [2.05, 4.69) is 16.3 Å². The zero-order valence-corrected chi connectivity index (χ0v) is 21.5. The molecular formula is C30H40N2O4. The average molecular weight is 493 g/mol. The fourth-order valence-electron chi connectivity index (χ4n) is 5.42. The van der Waals surface area contributed by atoms with E-state index >= 15 is 0 Å². The minimum absolute atomic E-state index is 0.0717. The van der Waals surface area contributed by atoms with Gasteiger partial charge in [0.25, 0.3) is 5.91 Å². The molecule has 194 valence electrons. The second kappa shape index (κ2) is 12.9. The number of carboxylic acids is 1. The van der Waals surface area contributed by atoms with Crippen LogP contribution in [0.3, 0.4) is 0 Å². The Hall–Kier alpha value is -2.86. The third-order valence-corrected chi connectivity index (χ3v) is 7.71. The van der Waals surface area contributed by atoms with E-state index in [0.29, 0.717) is 24.5 Å². The standard InChI is InChI=1S/C30H40N2O4/c1-22(30(34)35)9-5-6-12-25(21-36-28-16-15-23-10-7-8-11-24(23)19-28)29(33)31-26-17-18-32(20-26)27-13-3-2-4-14-27/h7-8,10-12,15-16,19,22,26-27H,2-6,9,13-14,17-18,20-21H2,1H3,(H,31,33)(H,34,35). The molecule has 0 spiro atoms. The van der Waals surface area contributed by atoms with Crippen LogP contribution in [0.2, 0.25) is 0 Å². The van der Waals surface area contributed by atoms with Crippen LogP contribution in [0, 0.1) is 5.92 Å². The van der Waals surface area contributed by atoms with E-state index in [1.807, 2.05) is 42.5 Å². The first kappa shape index (κ1) is 26.2. The molecule has 4 rings (SSSR count). The van der Waals surface area contributed by atoms with Gasteiger partial charge in [-0.1, -0.05) is 62.6 Å². The highest BCUT2D eigenvalue weighted by atomic mass is 16.5. The third kappa shape index (κ3) is 7.33. The number of carbonyl (C=O) groups is 2. The number of carboxylic acid groups (broad SMARTS) is 1. The number of fused-ring (bicyclic) bond motifs is 1. The Bertz CT molecular complexity index is 1060. The SMILES string of the molecule is CC(CCCC=C(COc1ccc2ccccc2c1)C(=O)NC1CCN(C2CCCCC2)C1)C(=O)O. The Morgan fingerprint density at radius 3 is 2.67 bits per heavy atom. The minimum atomic E-state index is -0.777. The van der Waals surface area contributed by atoms with Gasteiger partial charge in [0.15, 0.2) is 0 Å². The van der Waals surface area contributed by atoms with Crippen molar-refractivity contribution in [2.45, 2.75) is 76.8 Å². The maximum atomic E-state index is 13.3. The van der Waals surface area contributed by atoms with Crippen LogP contribution < -0.4 is 10.1 Å². The number of aliphatic carboxylic acids is 1. The normalized spacial score (nSPS) is 20.4. The molecule has 1 amide bonds. The number of nitrogens with one attached hydrogen (secondary N) is 1. The topological polar surface area (TPSA) is 78.9 Å². The molecule has 0 bridgehead atoms. The van der Waals surface area contributed by atoms with Crippen molar-refractivity contribution in [3.8, 4) is 5.75 Å². The van der Waals surface area contributed by atoms with Crippen molar-refractivity contribution in [1.29, 1.82) is 0 Å². The largest absolute Gasteiger partial charge is 0.489 e. The summed E-state index contributed by atoms with van der Waals surface area (Å²) in [6, 6.07) is 14.9. The molecule has 2 aliphatic rings. The van der Waals surface area contributed by atoms with E-state index in [1.165, 1.54) is 32.1 Å². The molecule has 2 aromatic rings. The van der Waals surface area contributed by atoms with Gasteiger partial charge in [-0.2, -0.15) is 0 Å². The van der Waals surface area contributed by atoms with Gasteiger partial charge in [0, 0.05) is 25.2 Å². The number of allylic oxidation sites excluding steroid dienone is 1. The number of rotatable bonds is 11. The molecule has 0 radical (unpaired) electrons. The van der Waals surface area contributed by atoms with Crippen molar-refractivity contribution in [2.24, 2.45) is 5.92 Å². The van der Waals surface area contributed by atoms with Gasteiger partial charge in [-0.3, -0.25) is 14.5 Å². The number of amides is 1. The molecule has 2 unspecified atom stereocenters. The number of hydrogen-bond acceptors (Lipinski definition) is 4. The Kier molecular flexibility index (Phi) is 9.40. The molecule has 1 saturated heterocycles. The van der Waals surface area contributed by atoms with Gasteiger partial charge >= 0.3 is 5.97 Å². The van der Waals surface area contributed by atoms with E-state index in [1.54, 1.807) is 6.92 Å². The van der Waals surface area contributed by atoms with Crippen molar-refractivity contribution in [3.05, 3.63) is 54.1 Å². The number of likely N-dealkylation sites (tertiary alicyclic amines) is 1. The number of unbranched alkanes of at least 4 members (excludes halogenated alkanes) is 1. The van der Waals surface area contributed by atoms with Crippen molar-refractivity contribution in [2.75, 3.05) is 19.7 Å². The molecule has 1 saturated carbocycles. The maximum Gasteiger partial charge on any atom is 0.306 e. The number of hydrogen-bond donors (Lipinski definition) is 2. The highest BCUT2D eigenvalue weighted by Gasteiger charge is 2.30. The average Bonchev–Trinajstić information content (AvgIpc) is 3.36. The molecule has 1 aliphatic heterocycles. The summed E-state index contributed by atoms with van der Waals surface area (Å²) in [7, 11) is 0. The second-order valence-electron chi connectivity index (χ2n) is 10.4. The lowest BCUT2D eigenvalue weighted by atomic mass is 9.94. The van der Waals surface area contributed by atoms with Crippen LogP contribution in [0.15, 0.2) is 54.1 Å². The lowest BCUT2D eigenvalue weighted by Gasteiger charge is -2.31. The van der Waals surface area contributed by atoms with Gasteiger partial charge in [0.2, 0.25) is 0 Å². The molecule has 6 heteroatoms. The fourth-order valence-corrected chi connectivity index (χ4v) is 5.42. The summed E-state index contributed by atoms with van der Waals surface area (Å²) in [4.78, 5) is 27.0. The fraction of sp³-hybridized carbons (Fsp3) is 0.533. The summed E-state index contributed by atoms with van der Waals surface area (Å²) in [5.41, 5.74) is 0.613. The first-order chi connectivity index (χ1) is 17.5. The lowest BCUT2D eigenvalue weighted by Crippen LogP contribution is -2.41. The van der Waals surface area contributed by atoms with Gasteiger partial charge in [-0.15, -0.1) is 0 Å². The monoisotopic (exact) mass is 492 g/mol. The predicted molar refractivity (Wildman–Crippen MR) is 143 cm³/mol. The van der Waals surface area contributed by atoms with Crippen molar-refractivity contribution >= 4 is 22.6 Å². The zero-order chi connectivity index (χ0) is 25.3. The highest BCUT2D eigenvalue weighted by Crippen LogP contribution is 2.26. The summed E-state index contributed by atoms with van der Waals surface area (Å²) in [5.74, 6) is -0.497. The number of benzene rings is 2. The summed E-state index contributed by atoms with van der Waals surface area (Å²) in [5, 5.41) is 14.6. The summed E-state index contributed by atoms with van der Waals surface area (Å²) < 4.78 is 6.06. The smallest absolute Gasteiger partial charge is 0.306 e. The number of carbonyl (C=O) groups excluding carboxylic acids is 1. The van der Waals surface area contributed by atoms with Gasteiger partial charge in [0.1, 0.15) is 12.4 Å². The van der Waals surface area contributed by atoms with Crippen LogP contribution >= 0.6 is 0 Å². The number of nitrogens with zero attached hydrogens (tertiary/aromatic N) is 1. The Balaban J connectivity index is 1.36. The zero-order valence-electron chi connectivity index (χ0n) is 21.5. The Labute approximate surface area is 214 Å². The van der Waals surface area contributed by atoms with E-state index < -0.39 is 5.97 Å². The lowest BCUT2D eigenvalue weighted by molar-refractivity contribution is -0.141. The quantitative estimate of drug-likeness (QED) is 0.317. The molecule has 0 aromatic heterocycles. The molecule has 1 heterocycles. The second-order valence-corrected chi connectivity index (χ2v) is 10.4. The molecule has 6 nitrogen and oxygen atoms in total. The van der Waals surface area contributed by atoms with Gasteiger partial charge in [-0.25, -0.2) is 0 Å². The first-order valence-electron chi connectivity index (χ1n) is 13.6. The van der Waals surface area contributed by atoms with Gasteiger partial charge < -0.3 is 15.2 Å². The predicted octanol–water partition coefficient (Wildman–Crippen LogP) is 5.56. The first-order valence-corrected chi connectivity index (χ1v) is 13.6. The molecule has 2 aromatic carbocycles. The van der Waals surface area contributed by atoms with Crippen molar-refractivity contribution < 1.29 is 19.4 Å². The summed E-state index contributed by atoms with van der Waals surface area (Å²) in [6.07, 6.45) is 11.4. The van der Waals surface area contributed by atoms with Crippen LogP contribution in [0.5, 0.6) is 5.75 Å². The molecule has 2 atom stereocenters. The number of ether oxygens (including phenoxy) is 1. The van der Waals surface area contributed by atoms with E-state index in [-0.39, 0.29) is 24.5 Å². The van der Waals surface area contributed by atoms with Crippen LogP contribution in [0.4, 0.5) is 0 Å². The molecule has 2 fully saturated rings. The summed E-state index contributed by atoms with van der Waals surface area (Å²) in [6.45, 7) is 3.89. The molecule has 1 aliphatic carbocycles. The van der Waals surface area contributed by atoms with Gasteiger partial charge in [-0.05, 0) is 61.4 Å². The van der Waals surface area contributed by atoms with E-state index in [0.717, 1.165) is 42.5 Å². The van der Waals surface area contributed by atoms with Crippen molar-refractivity contribution in [3.63, 3.8) is 0 Å². The van der Waals surface area contributed by atoms with E-state index in [9.17, 15) is 9.59 Å². The molecule has 2 N–H and O–H groups in total. The van der Waals surface area contributed by atoms with Crippen LogP contribution in [-0.4, -0.2) is 53.7 Å². The maximum absolute atomic E-state index is 13.3. The van der Waals surface area contributed by atoms with Crippen LogP contribution in [0.25, 0.3) is 10.8 Å². The van der Waals surface area contributed by atoms with Gasteiger partial charge in [0.05, 0.1) is 11.5 Å². The highest BCUT2D eigenvalue weighted by molar-refractivity contribution is 5.94. The van der Waals surface area contributed by atoms with Crippen molar-refractivity contribution in [1.82, 2.24) is 10.2 Å². The van der Waals surface area contributed by atoms with Crippen LogP contribution in [0.1, 0.15) is 64.7 Å².